The molecule has 28 heavy (non-hydrogen) atoms. The standard InChI is InChI=1S/C22H34ClNO3S/c1-4-10-17(16-23)12-9-15-24-21(25)18-13-7-8-14-19(18)28-20(11-5-2)22(26)27-6-3/h7-8,13-14,17,20H,4-6,9-12,15-16H2,1-3H3,(H,24,25). The topological polar surface area (TPSA) is 55.4 Å². The van der Waals surface area contributed by atoms with Crippen LogP contribution in [0.4, 0.5) is 0 Å². The van der Waals surface area contributed by atoms with Gasteiger partial charge in [-0.1, -0.05) is 38.8 Å². The maximum absolute atomic E-state index is 12.7. The molecule has 1 amide bonds. The molecule has 0 fully saturated rings. The molecule has 1 N–H and O–H groups in total. The van der Waals surface area contributed by atoms with E-state index in [1.54, 1.807) is 0 Å². The number of carbonyl (C=O) groups is 2. The van der Waals surface area contributed by atoms with Gasteiger partial charge < -0.3 is 10.1 Å². The van der Waals surface area contributed by atoms with Crippen molar-refractivity contribution in [1.29, 1.82) is 0 Å². The molecular weight excluding hydrogens is 394 g/mol. The molecular formula is C22H34ClNO3S. The second kappa shape index (κ2) is 14.7. The van der Waals surface area contributed by atoms with Crippen molar-refractivity contribution < 1.29 is 14.3 Å². The quantitative estimate of drug-likeness (QED) is 0.180. The molecule has 1 rings (SSSR count). The van der Waals surface area contributed by atoms with E-state index >= 15 is 0 Å². The molecule has 1 aromatic carbocycles. The minimum atomic E-state index is -0.294. The Kier molecular flexibility index (Phi) is 13.1. The number of hydrogen-bond acceptors (Lipinski definition) is 4. The van der Waals surface area contributed by atoms with Crippen LogP contribution in [0.3, 0.4) is 0 Å². The van der Waals surface area contributed by atoms with Crippen LogP contribution in [0.25, 0.3) is 0 Å². The Morgan fingerprint density at radius 3 is 2.46 bits per heavy atom. The maximum Gasteiger partial charge on any atom is 0.319 e. The summed E-state index contributed by atoms with van der Waals surface area (Å²) in [5.41, 5.74) is 0.611. The second-order valence-corrected chi connectivity index (χ2v) is 8.40. The fraction of sp³-hybridized carbons (Fsp3) is 0.636. The average molecular weight is 428 g/mol. The molecule has 0 heterocycles. The van der Waals surface area contributed by atoms with Gasteiger partial charge in [0.2, 0.25) is 0 Å². The lowest BCUT2D eigenvalue weighted by molar-refractivity contribution is -0.142. The summed E-state index contributed by atoms with van der Waals surface area (Å²) in [7, 11) is 0. The van der Waals surface area contributed by atoms with Gasteiger partial charge in [0.25, 0.3) is 5.91 Å². The first-order valence-electron chi connectivity index (χ1n) is 10.3. The van der Waals surface area contributed by atoms with Crippen LogP contribution in [-0.4, -0.2) is 36.2 Å². The Hall–Kier alpha value is -1.20. The Morgan fingerprint density at radius 1 is 1.11 bits per heavy atom. The Labute approximate surface area is 179 Å². The molecule has 4 nitrogen and oxygen atoms in total. The van der Waals surface area contributed by atoms with Crippen molar-refractivity contribution >= 4 is 35.2 Å². The Morgan fingerprint density at radius 2 is 1.82 bits per heavy atom. The number of ether oxygens (including phenoxy) is 1. The summed E-state index contributed by atoms with van der Waals surface area (Å²) in [5, 5.41) is 2.71. The van der Waals surface area contributed by atoms with Crippen LogP contribution in [0.15, 0.2) is 29.2 Å². The number of nitrogens with one attached hydrogen (secondary N) is 1. The fourth-order valence-corrected chi connectivity index (χ4v) is 4.61. The molecule has 158 valence electrons. The predicted molar refractivity (Wildman–Crippen MR) is 118 cm³/mol. The number of esters is 1. The third kappa shape index (κ3) is 8.87. The maximum atomic E-state index is 12.7. The van der Waals surface area contributed by atoms with Gasteiger partial charge in [-0.05, 0) is 50.7 Å². The van der Waals surface area contributed by atoms with Gasteiger partial charge >= 0.3 is 5.97 Å². The van der Waals surface area contributed by atoms with Crippen molar-refractivity contribution in [2.24, 2.45) is 5.92 Å². The number of benzene rings is 1. The lowest BCUT2D eigenvalue weighted by Crippen LogP contribution is -2.26. The molecule has 2 atom stereocenters. The molecule has 2 unspecified atom stereocenters. The van der Waals surface area contributed by atoms with E-state index in [1.165, 1.54) is 11.8 Å². The Bertz CT molecular complexity index is 597. The summed E-state index contributed by atoms with van der Waals surface area (Å²) in [4.78, 5) is 25.7. The third-order valence-electron chi connectivity index (χ3n) is 4.49. The molecule has 6 heteroatoms. The van der Waals surface area contributed by atoms with Crippen molar-refractivity contribution in [2.45, 2.75) is 69.4 Å². The number of carbonyl (C=O) groups excluding carboxylic acids is 2. The van der Waals surface area contributed by atoms with Crippen LogP contribution in [0.2, 0.25) is 0 Å². The van der Waals surface area contributed by atoms with E-state index in [4.69, 9.17) is 16.3 Å². The molecule has 1 aromatic rings. The van der Waals surface area contributed by atoms with Crippen LogP contribution in [0.5, 0.6) is 0 Å². The highest BCUT2D eigenvalue weighted by molar-refractivity contribution is 8.00. The van der Waals surface area contributed by atoms with Crippen LogP contribution < -0.4 is 5.32 Å². The van der Waals surface area contributed by atoms with Gasteiger partial charge in [-0.3, -0.25) is 9.59 Å². The van der Waals surface area contributed by atoms with Crippen LogP contribution in [0.1, 0.15) is 69.7 Å². The molecule has 0 aromatic heterocycles. The molecule has 0 aliphatic rings. The first-order chi connectivity index (χ1) is 13.6. The monoisotopic (exact) mass is 427 g/mol. The van der Waals surface area contributed by atoms with Crippen LogP contribution in [0, 0.1) is 5.92 Å². The third-order valence-corrected chi connectivity index (χ3v) is 6.25. The smallest absolute Gasteiger partial charge is 0.319 e. The predicted octanol–water partition coefficient (Wildman–Crippen LogP) is 5.68. The minimum absolute atomic E-state index is 0.0971. The van der Waals surface area contributed by atoms with Gasteiger partial charge in [0.1, 0.15) is 5.25 Å². The summed E-state index contributed by atoms with van der Waals surface area (Å²) < 4.78 is 5.19. The summed E-state index contributed by atoms with van der Waals surface area (Å²) >= 11 is 7.42. The molecule has 0 saturated heterocycles. The number of halogens is 1. The highest BCUT2D eigenvalue weighted by Crippen LogP contribution is 2.30. The first-order valence-corrected chi connectivity index (χ1v) is 11.7. The zero-order valence-corrected chi connectivity index (χ0v) is 18.9. The van der Waals surface area contributed by atoms with E-state index < -0.39 is 0 Å². The number of thioether (sulfide) groups is 1. The van der Waals surface area contributed by atoms with Gasteiger partial charge in [-0.15, -0.1) is 23.4 Å². The highest BCUT2D eigenvalue weighted by atomic mass is 35.5. The van der Waals surface area contributed by atoms with E-state index in [0.29, 0.717) is 30.5 Å². The highest BCUT2D eigenvalue weighted by Gasteiger charge is 2.23. The lowest BCUT2D eigenvalue weighted by Gasteiger charge is -2.17. The Balaban J connectivity index is 2.68. The summed E-state index contributed by atoms with van der Waals surface area (Å²) in [5.74, 6) is 0.881. The average Bonchev–Trinajstić information content (AvgIpc) is 2.70. The fourth-order valence-electron chi connectivity index (χ4n) is 3.03. The van der Waals surface area contributed by atoms with E-state index in [1.807, 2.05) is 38.1 Å². The van der Waals surface area contributed by atoms with E-state index in [2.05, 4.69) is 12.2 Å². The second-order valence-electron chi connectivity index (χ2n) is 6.85. The molecule has 0 radical (unpaired) electrons. The van der Waals surface area contributed by atoms with Gasteiger partial charge in [-0.2, -0.15) is 0 Å². The summed E-state index contributed by atoms with van der Waals surface area (Å²) in [6.07, 6.45) is 5.80. The molecule has 0 spiro atoms. The molecule has 0 bridgehead atoms. The van der Waals surface area contributed by atoms with E-state index in [-0.39, 0.29) is 17.1 Å². The van der Waals surface area contributed by atoms with Gasteiger partial charge in [0.05, 0.1) is 12.2 Å². The lowest BCUT2D eigenvalue weighted by atomic mass is 10.0. The van der Waals surface area contributed by atoms with Crippen molar-refractivity contribution in [2.75, 3.05) is 19.0 Å². The number of amides is 1. The summed E-state index contributed by atoms with van der Waals surface area (Å²) in [6.45, 7) is 7.01. The van der Waals surface area contributed by atoms with Crippen LogP contribution >= 0.6 is 23.4 Å². The number of alkyl halides is 1. The SMILES string of the molecule is CCCC(CCl)CCCNC(=O)c1ccccc1SC(CCC)C(=O)OCC. The largest absolute Gasteiger partial charge is 0.465 e. The number of rotatable bonds is 14. The van der Waals surface area contributed by atoms with E-state index in [9.17, 15) is 9.59 Å². The van der Waals surface area contributed by atoms with Gasteiger partial charge in [0.15, 0.2) is 0 Å². The molecule has 0 aliphatic carbocycles. The molecule has 0 aliphatic heterocycles. The first kappa shape index (κ1) is 24.8. The zero-order chi connectivity index (χ0) is 20.8. The minimum Gasteiger partial charge on any atom is -0.465 e. The van der Waals surface area contributed by atoms with E-state index in [0.717, 1.165) is 43.4 Å². The van der Waals surface area contributed by atoms with Crippen molar-refractivity contribution in [3.8, 4) is 0 Å². The summed E-state index contributed by atoms with van der Waals surface area (Å²) in [6, 6.07) is 7.45. The van der Waals surface area contributed by atoms with Crippen molar-refractivity contribution in [3.05, 3.63) is 29.8 Å². The van der Waals surface area contributed by atoms with Crippen molar-refractivity contribution in [1.82, 2.24) is 5.32 Å². The van der Waals surface area contributed by atoms with Gasteiger partial charge in [-0.25, -0.2) is 0 Å². The van der Waals surface area contributed by atoms with Crippen molar-refractivity contribution in [3.63, 3.8) is 0 Å². The van der Waals surface area contributed by atoms with Crippen LogP contribution in [-0.2, 0) is 9.53 Å². The zero-order valence-electron chi connectivity index (χ0n) is 17.3. The molecule has 0 saturated carbocycles. The van der Waals surface area contributed by atoms with Gasteiger partial charge in [0, 0.05) is 17.3 Å². The normalized spacial score (nSPS) is 13.0. The number of hydrogen-bond donors (Lipinski definition) is 1.